The van der Waals surface area contributed by atoms with Gasteiger partial charge in [0.05, 0.1) is 5.41 Å². The molecule has 3 heteroatoms. The number of ketones is 2. The van der Waals surface area contributed by atoms with Crippen LogP contribution in [0.4, 0.5) is 0 Å². The second kappa shape index (κ2) is 2.66. The van der Waals surface area contributed by atoms with E-state index in [0.29, 0.717) is 11.9 Å². The van der Waals surface area contributed by atoms with Crippen LogP contribution in [0.5, 0.6) is 0 Å². The summed E-state index contributed by atoms with van der Waals surface area (Å²) >= 11 is 0. The number of Topliss-reactive ketones (excluding diaryl/α,β-unsaturated/α-hetero) is 1. The zero-order valence-corrected chi connectivity index (χ0v) is 7.09. The first-order valence-corrected chi connectivity index (χ1v) is 3.72. The molecule has 0 fully saturated rings. The SMILES string of the molecule is CC1=CC(=O)CC(C)(C=O)C1=O. The molecule has 0 aromatic carbocycles. The second-order valence-electron chi connectivity index (χ2n) is 3.33. The highest BCUT2D eigenvalue weighted by atomic mass is 16.2. The first-order chi connectivity index (χ1) is 5.49. The molecule has 1 aliphatic rings. The van der Waals surface area contributed by atoms with E-state index < -0.39 is 5.41 Å². The smallest absolute Gasteiger partial charge is 0.172 e. The Hall–Kier alpha value is -1.25. The molecule has 1 rings (SSSR count). The van der Waals surface area contributed by atoms with E-state index >= 15 is 0 Å². The molecule has 1 atom stereocenters. The standard InChI is InChI=1S/C9H10O3/c1-6-3-7(11)4-9(2,5-10)8(6)12/h3,5H,4H2,1-2H3. The van der Waals surface area contributed by atoms with Gasteiger partial charge in [-0.25, -0.2) is 0 Å². The van der Waals surface area contributed by atoms with Crippen LogP contribution in [0.1, 0.15) is 20.3 Å². The van der Waals surface area contributed by atoms with Gasteiger partial charge >= 0.3 is 0 Å². The molecule has 0 radical (unpaired) electrons. The second-order valence-corrected chi connectivity index (χ2v) is 3.33. The van der Waals surface area contributed by atoms with E-state index in [-0.39, 0.29) is 18.0 Å². The van der Waals surface area contributed by atoms with Gasteiger partial charge in [0.25, 0.3) is 0 Å². The molecule has 0 aliphatic heterocycles. The maximum atomic E-state index is 11.4. The Balaban J connectivity index is 3.13. The minimum Gasteiger partial charge on any atom is -0.302 e. The average molecular weight is 166 g/mol. The fourth-order valence-corrected chi connectivity index (χ4v) is 1.35. The monoisotopic (exact) mass is 166 g/mol. The van der Waals surface area contributed by atoms with E-state index in [0.717, 1.165) is 0 Å². The summed E-state index contributed by atoms with van der Waals surface area (Å²) in [6, 6.07) is 0. The summed E-state index contributed by atoms with van der Waals surface area (Å²) in [5, 5.41) is 0. The Morgan fingerprint density at radius 1 is 1.50 bits per heavy atom. The molecule has 3 nitrogen and oxygen atoms in total. The molecule has 0 saturated carbocycles. The van der Waals surface area contributed by atoms with Crippen molar-refractivity contribution in [2.45, 2.75) is 20.3 Å². The van der Waals surface area contributed by atoms with Crippen molar-refractivity contribution in [2.24, 2.45) is 5.41 Å². The first-order valence-electron chi connectivity index (χ1n) is 3.72. The van der Waals surface area contributed by atoms with Gasteiger partial charge in [-0.15, -0.1) is 0 Å². The lowest BCUT2D eigenvalue weighted by Crippen LogP contribution is -2.35. The van der Waals surface area contributed by atoms with Crippen LogP contribution in [0, 0.1) is 5.41 Å². The van der Waals surface area contributed by atoms with E-state index in [4.69, 9.17) is 0 Å². The Labute approximate surface area is 70.4 Å². The Morgan fingerprint density at radius 3 is 2.58 bits per heavy atom. The Bertz CT molecular complexity index is 288. The van der Waals surface area contributed by atoms with Crippen molar-refractivity contribution < 1.29 is 14.4 Å². The number of hydrogen-bond acceptors (Lipinski definition) is 3. The molecule has 0 aromatic heterocycles. The molecule has 0 amide bonds. The van der Waals surface area contributed by atoms with Gasteiger partial charge in [0.15, 0.2) is 11.6 Å². The van der Waals surface area contributed by atoms with Gasteiger partial charge < -0.3 is 4.79 Å². The fourth-order valence-electron chi connectivity index (χ4n) is 1.35. The fraction of sp³-hybridized carbons (Fsp3) is 0.444. The van der Waals surface area contributed by atoms with Crippen molar-refractivity contribution in [3.8, 4) is 0 Å². The maximum absolute atomic E-state index is 11.4. The number of aldehydes is 1. The zero-order chi connectivity index (χ0) is 9.35. The predicted octanol–water partition coefficient (Wildman–Crippen LogP) is 0.680. The van der Waals surface area contributed by atoms with Crippen LogP contribution in [0.2, 0.25) is 0 Å². The lowest BCUT2D eigenvalue weighted by molar-refractivity contribution is -0.136. The summed E-state index contributed by atoms with van der Waals surface area (Å²) < 4.78 is 0. The van der Waals surface area contributed by atoms with Crippen LogP contribution in [-0.4, -0.2) is 17.9 Å². The highest BCUT2D eigenvalue weighted by Crippen LogP contribution is 2.28. The highest BCUT2D eigenvalue weighted by molar-refractivity contribution is 6.16. The average Bonchev–Trinajstić information content (AvgIpc) is 2.00. The van der Waals surface area contributed by atoms with Crippen molar-refractivity contribution in [3.05, 3.63) is 11.6 Å². The third kappa shape index (κ3) is 1.22. The number of rotatable bonds is 1. The largest absolute Gasteiger partial charge is 0.302 e. The third-order valence-electron chi connectivity index (χ3n) is 2.06. The van der Waals surface area contributed by atoms with E-state index in [1.54, 1.807) is 6.92 Å². The lowest BCUT2D eigenvalue weighted by atomic mass is 9.75. The van der Waals surface area contributed by atoms with Crippen molar-refractivity contribution in [1.29, 1.82) is 0 Å². The molecule has 64 valence electrons. The van der Waals surface area contributed by atoms with Crippen LogP contribution in [0.3, 0.4) is 0 Å². The van der Waals surface area contributed by atoms with Crippen LogP contribution in [-0.2, 0) is 14.4 Å². The zero-order valence-electron chi connectivity index (χ0n) is 7.09. The van der Waals surface area contributed by atoms with Gasteiger partial charge in [0.2, 0.25) is 0 Å². The lowest BCUT2D eigenvalue weighted by Gasteiger charge is -2.23. The van der Waals surface area contributed by atoms with Gasteiger partial charge in [-0.2, -0.15) is 0 Å². The number of allylic oxidation sites excluding steroid dienone is 2. The van der Waals surface area contributed by atoms with Crippen molar-refractivity contribution in [3.63, 3.8) is 0 Å². The van der Waals surface area contributed by atoms with Crippen LogP contribution in [0.15, 0.2) is 11.6 Å². The molecule has 12 heavy (non-hydrogen) atoms. The minimum absolute atomic E-state index is 0.00662. The molecule has 1 aliphatic carbocycles. The van der Waals surface area contributed by atoms with Crippen LogP contribution < -0.4 is 0 Å². The third-order valence-corrected chi connectivity index (χ3v) is 2.06. The number of carbonyl (C=O) groups excluding carboxylic acids is 3. The van der Waals surface area contributed by atoms with Gasteiger partial charge in [0.1, 0.15) is 6.29 Å². The summed E-state index contributed by atoms with van der Waals surface area (Å²) in [6.07, 6.45) is 1.87. The highest BCUT2D eigenvalue weighted by Gasteiger charge is 2.38. The minimum atomic E-state index is -1.12. The van der Waals surface area contributed by atoms with Crippen molar-refractivity contribution >= 4 is 17.9 Å². The van der Waals surface area contributed by atoms with Gasteiger partial charge in [0, 0.05) is 6.42 Å². The van der Waals surface area contributed by atoms with Crippen molar-refractivity contribution in [2.75, 3.05) is 0 Å². The number of hydrogen-bond donors (Lipinski definition) is 0. The summed E-state index contributed by atoms with van der Waals surface area (Å²) in [6.45, 7) is 3.05. The van der Waals surface area contributed by atoms with Gasteiger partial charge in [-0.3, -0.25) is 9.59 Å². The van der Waals surface area contributed by atoms with Gasteiger partial charge in [-0.1, -0.05) is 0 Å². The molecular weight excluding hydrogens is 156 g/mol. The van der Waals surface area contributed by atoms with Crippen molar-refractivity contribution in [1.82, 2.24) is 0 Å². The Morgan fingerprint density at radius 2 is 2.08 bits per heavy atom. The maximum Gasteiger partial charge on any atom is 0.172 e. The summed E-state index contributed by atoms with van der Waals surface area (Å²) in [4.78, 5) is 33.0. The first kappa shape index (κ1) is 8.84. The Kier molecular flexibility index (Phi) is 1.96. The van der Waals surface area contributed by atoms with E-state index in [1.807, 2.05) is 0 Å². The summed E-state index contributed by atoms with van der Waals surface area (Å²) in [5.74, 6) is -0.390. The van der Waals surface area contributed by atoms with E-state index in [1.165, 1.54) is 13.0 Å². The summed E-state index contributed by atoms with van der Waals surface area (Å²) in [5.41, 5.74) is -0.739. The van der Waals surface area contributed by atoms with E-state index in [9.17, 15) is 14.4 Å². The molecule has 1 unspecified atom stereocenters. The van der Waals surface area contributed by atoms with Crippen LogP contribution in [0.25, 0.3) is 0 Å². The van der Waals surface area contributed by atoms with Gasteiger partial charge in [-0.05, 0) is 25.5 Å². The molecule has 0 aromatic rings. The van der Waals surface area contributed by atoms with Crippen LogP contribution >= 0.6 is 0 Å². The number of carbonyl (C=O) groups is 3. The molecule has 0 saturated heterocycles. The molecule has 0 bridgehead atoms. The quantitative estimate of drug-likeness (QED) is 0.425. The molecule has 0 N–H and O–H groups in total. The molecule has 0 spiro atoms. The van der Waals surface area contributed by atoms with E-state index in [2.05, 4.69) is 0 Å². The topological polar surface area (TPSA) is 51.2 Å². The predicted molar refractivity (Wildman–Crippen MR) is 42.6 cm³/mol. The normalized spacial score (nSPS) is 30.0. The summed E-state index contributed by atoms with van der Waals surface area (Å²) in [7, 11) is 0. The molecule has 0 heterocycles. The molecular formula is C9H10O3.